The Hall–Kier alpha value is -1.73. The van der Waals surface area contributed by atoms with Crippen LogP contribution in [0.2, 0.25) is 5.02 Å². The molecule has 0 aliphatic rings. The molecule has 0 unspecified atom stereocenters. The monoisotopic (exact) mass is 388 g/mol. The van der Waals surface area contributed by atoms with Gasteiger partial charge in [0.25, 0.3) is 5.91 Å². The van der Waals surface area contributed by atoms with Crippen LogP contribution in [0.3, 0.4) is 0 Å². The van der Waals surface area contributed by atoms with Crippen molar-refractivity contribution >= 4 is 35.0 Å². The minimum atomic E-state index is -4.64. The maximum Gasteiger partial charge on any atom is 0.417 e. The van der Waals surface area contributed by atoms with E-state index in [9.17, 15) is 18.0 Å². The molecule has 0 saturated carbocycles. The number of nitrogens with zero attached hydrogens (tertiary/aromatic N) is 2. The summed E-state index contributed by atoms with van der Waals surface area (Å²) < 4.78 is 40.3. The van der Waals surface area contributed by atoms with Crippen LogP contribution in [-0.4, -0.2) is 23.2 Å². The van der Waals surface area contributed by atoms with Gasteiger partial charge in [-0.05, 0) is 43.0 Å². The van der Waals surface area contributed by atoms with Crippen LogP contribution < -0.4 is 4.90 Å². The second kappa shape index (κ2) is 8.10. The number of thioether (sulfide) groups is 1. The third kappa shape index (κ3) is 4.67. The smallest absolute Gasteiger partial charge is 0.309 e. The summed E-state index contributed by atoms with van der Waals surface area (Å²) >= 11 is 7.01. The van der Waals surface area contributed by atoms with Crippen LogP contribution in [0.5, 0.6) is 0 Å². The Morgan fingerprint density at radius 1 is 1.24 bits per heavy atom. The summed E-state index contributed by atoms with van der Waals surface area (Å²) in [5.74, 6) is -0.165. The molecular weight excluding hydrogens is 373 g/mol. The number of halogens is 4. The van der Waals surface area contributed by atoms with Gasteiger partial charge in [0.15, 0.2) is 0 Å². The number of carbonyl (C=O) groups excluding carboxylic acids is 1. The Morgan fingerprint density at radius 2 is 1.88 bits per heavy atom. The molecule has 1 heterocycles. The first-order valence-electron chi connectivity index (χ1n) is 7.55. The number of hydrogen-bond donors (Lipinski definition) is 0. The third-order valence-electron chi connectivity index (χ3n) is 3.41. The Bertz CT molecular complexity index is 751. The Labute approximate surface area is 153 Å². The quantitative estimate of drug-likeness (QED) is 0.631. The van der Waals surface area contributed by atoms with E-state index in [0.29, 0.717) is 16.5 Å². The molecule has 0 bridgehead atoms. The molecule has 25 heavy (non-hydrogen) atoms. The van der Waals surface area contributed by atoms with Crippen LogP contribution in [0.1, 0.15) is 29.8 Å². The molecule has 134 valence electrons. The van der Waals surface area contributed by atoms with E-state index in [4.69, 9.17) is 11.6 Å². The lowest BCUT2D eigenvalue weighted by atomic mass is 10.1. The van der Waals surface area contributed by atoms with E-state index in [1.54, 1.807) is 31.2 Å². The van der Waals surface area contributed by atoms with E-state index in [-0.39, 0.29) is 11.6 Å². The molecule has 0 radical (unpaired) electrons. The summed E-state index contributed by atoms with van der Waals surface area (Å²) in [4.78, 5) is 18.0. The van der Waals surface area contributed by atoms with Gasteiger partial charge in [0.2, 0.25) is 0 Å². The van der Waals surface area contributed by atoms with Crippen LogP contribution in [0, 0.1) is 0 Å². The minimum absolute atomic E-state index is 0.212. The normalized spacial score (nSPS) is 11.4. The first-order chi connectivity index (χ1) is 11.8. The molecular formula is C17H16ClF3N2OS. The maximum absolute atomic E-state index is 13.4. The number of alkyl halides is 3. The standard InChI is InChI=1S/C17H16ClF3N2OS/c1-3-23(12-7-5-11(18)6-8-12)16(24)13-10-22-15(25-4-2)9-14(13)17(19,20)21/h5-10H,3-4H2,1-2H3. The van der Waals surface area contributed by atoms with E-state index < -0.39 is 23.2 Å². The zero-order valence-corrected chi connectivity index (χ0v) is 15.2. The van der Waals surface area contributed by atoms with Gasteiger partial charge in [-0.25, -0.2) is 4.98 Å². The lowest BCUT2D eigenvalue weighted by molar-refractivity contribution is -0.138. The summed E-state index contributed by atoms with van der Waals surface area (Å²) in [5, 5.41) is 0.715. The van der Waals surface area contributed by atoms with Crippen molar-refractivity contribution in [2.75, 3.05) is 17.2 Å². The van der Waals surface area contributed by atoms with Crippen molar-refractivity contribution in [2.24, 2.45) is 0 Å². The van der Waals surface area contributed by atoms with Gasteiger partial charge in [-0.2, -0.15) is 13.2 Å². The van der Waals surface area contributed by atoms with Gasteiger partial charge in [0, 0.05) is 23.5 Å². The first kappa shape index (κ1) is 19.6. The molecule has 0 spiro atoms. The number of anilines is 1. The summed E-state index contributed by atoms with van der Waals surface area (Å²) in [6.07, 6.45) is -3.64. The molecule has 0 aliphatic carbocycles. The average molecular weight is 389 g/mol. The van der Waals surface area contributed by atoms with Crippen LogP contribution in [0.15, 0.2) is 41.6 Å². The molecule has 8 heteroatoms. The molecule has 0 fully saturated rings. The Morgan fingerprint density at radius 3 is 2.40 bits per heavy atom. The van der Waals surface area contributed by atoms with Crippen LogP contribution in [-0.2, 0) is 6.18 Å². The zero-order valence-electron chi connectivity index (χ0n) is 13.6. The van der Waals surface area contributed by atoms with E-state index in [2.05, 4.69) is 4.98 Å². The molecule has 1 aromatic carbocycles. The molecule has 0 atom stereocenters. The highest BCUT2D eigenvalue weighted by Crippen LogP contribution is 2.35. The Kier molecular flexibility index (Phi) is 6.35. The van der Waals surface area contributed by atoms with Crippen molar-refractivity contribution in [3.05, 3.63) is 52.7 Å². The van der Waals surface area contributed by atoms with Gasteiger partial charge < -0.3 is 4.90 Å². The number of hydrogen-bond acceptors (Lipinski definition) is 3. The van der Waals surface area contributed by atoms with Crippen molar-refractivity contribution in [2.45, 2.75) is 25.0 Å². The lowest BCUT2D eigenvalue weighted by Crippen LogP contribution is -2.32. The van der Waals surface area contributed by atoms with Gasteiger partial charge >= 0.3 is 6.18 Å². The number of aromatic nitrogens is 1. The predicted molar refractivity (Wildman–Crippen MR) is 94.4 cm³/mol. The van der Waals surface area contributed by atoms with Crippen LogP contribution >= 0.6 is 23.4 Å². The molecule has 3 nitrogen and oxygen atoms in total. The van der Waals surface area contributed by atoms with E-state index in [1.807, 2.05) is 6.92 Å². The highest BCUT2D eigenvalue weighted by molar-refractivity contribution is 7.99. The lowest BCUT2D eigenvalue weighted by Gasteiger charge is -2.23. The topological polar surface area (TPSA) is 33.2 Å². The molecule has 2 rings (SSSR count). The fourth-order valence-corrected chi connectivity index (χ4v) is 3.03. The number of carbonyl (C=O) groups is 1. The van der Waals surface area contributed by atoms with Crippen molar-refractivity contribution < 1.29 is 18.0 Å². The largest absolute Gasteiger partial charge is 0.417 e. The van der Waals surface area contributed by atoms with Gasteiger partial charge in [-0.1, -0.05) is 18.5 Å². The second-order valence-electron chi connectivity index (χ2n) is 5.02. The zero-order chi connectivity index (χ0) is 18.6. The fourth-order valence-electron chi connectivity index (χ4n) is 2.28. The SMILES string of the molecule is CCSc1cc(C(F)(F)F)c(C(=O)N(CC)c2ccc(Cl)cc2)cn1. The van der Waals surface area contributed by atoms with E-state index in [1.165, 1.54) is 16.7 Å². The van der Waals surface area contributed by atoms with Crippen LogP contribution in [0.25, 0.3) is 0 Å². The molecule has 1 amide bonds. The number of amides is 1. The second-order valence-corrected chi connectivity index (χ2v) is 6.75. The summed E-state index contributed by atoms with van der Waals surface area (Å²) in [5.41, 5.74) is -0.974. The van der Waals surface area contributed by atoms with Gasteiger partial charge in [-0.15, -0.1) is 11.8 Å². The van der Waals surface area contributed by atoms with E-state index in [0.717, 1.165) is 12.3 Å². The number of pyridine rings is 1. The first-order valence-corrected chi connectivity index (χ1v) is 8.91. The van der Waals surface area contributed by atoms with E-state index >= 15 is 0 Å². The molecule has 2 aromatic rings. The third-order valence-corrected chi connectivity index (χ3v) is 4.47. The average Bonchev–Trinajstić information content (AvgIpc) is 2.56. The molecule has 0 aliphatic heterocycles. The van der Waals surface area contributed by atoms with Crippen molar-refractivity contribution in [3.63, 3.8) is 0 Å². The number of benzene rings is 1. The molecule has 0 saturated heterocycles. The van der Waals surface area contributed by atoms with Crippen molar-refractivity contribution in [3.8, 4) is 0 Å². The van der Waals surface area contributed by atoms with Crippen molar-refractivity contribution in [1.29, 1.82) is 0 Å². The number of rotatable bonds is 5. The summed E-state index contributed by atoms with van der Waals surface area (Å²) in [6, 6.07) is 7.27. The molecule has 0 N–H and O–H groups in total. The van der Waals surface area contributed by atoms with Crippen LogP contribution in [0.4, 0.5) is 18.9 Å². The van der Waals surface area contributed by atoms with Gasteiger partial charge in [0.1, 0.15) is 0 Å². The summed E-state index contributed by atoms with van der Waals surface area (Å²) in [6.45, 7) is 3.72. The van der Waals surface area contributed by atoms with Gasteiger partial charge in [0.05, 0.1) is 16.2 Å². The minimum Gasteiger partial charge on any atom is -0.309 e. The Balaban J connectivity index is 2.47. The predicted octanol–water partition coefficient (Wildman–Crippen LogP) is 5.53. The van der Waals surface area contributed by atoms with Gasteiger partial charge in [-0.3, -0.25) is 4.79 Å². The highest BCUT2D eigenvalue weighted by Gasteiger charge is 2.37. The van der Waals surface area contributed by atoms with Crippen molar-refractivity contribution in [1.82, 2.24) is 4.98 Å². The maximum atomic E-state index is 13.4. The summed E-state index contributed by atoms with van der Waals surface area (Å²) in [7, 11) is 0. The molecule has 1 aromatic heterocycles. The fraction of sp³-hybridized carbons (Fsp3) is 0.294. The highest BCUT2D eigenvalue weighted by atomic mass is 35.5.